The van der Waals surface area contributed by atoms with Gasteiger partial charge in [-0.3, -0.25) is 4.79 Å². The molecular weight excluding hydrogens is 348 g/mol. The molecule has 0 spiro atoms. The van der Waals surface area contributed by atoms with Crippen LogP contribution in [0, 0.1) is 0 Å². The van der Waals surface area contributed by atoms with Crippen LogP contribution in [0.5, 0.6) is 5.75 Å². The third kappa shape index (κ3) is 5.01. The highest BCUT2D eigenvalue weighted by atomic mass is 35.5. The molecule has 0 radical (unpaired) electrons. The number of hydrogen-bond donors (Lipinski definition) is 2. The van der Waals surface area contributed by atoms with Gasteiger partial charge in [0.05, 0.1) is 13.5 Å². The van der Waals surface area contributed by atoms with E-state index in [0.29, 0.717) is 11.4 Å². The fraction of sp³-hybridized carbons (Fsp3) is 0.0952. The van der Waals surface area contributed by atoms with Crippen LogP contribution in [0.15, 0.2) is 72.8 Å². The lowest BCUT2D eigenvalue weighted by molar-refractivity contribution is -0.115. The highest BCUT2D eigenvalue weighted by Crippen LogP contribution is 2.21. The molecule has 1 amide bonds. The molecule has 0 bridgehead atoms. The molecule has 3 rings (SSSR count). The van der Waals surface area contributed by atoms with Crippen LogP contribution in [0.1, 0.15) is 5.56 Å². The first-order chi connectivity index (χ1) is 12.6. The highest BCUT2D eigenvalue weighted by Gasteiger charge is 2.05. The fourth-order valence-corrected chi connectivity index (χ4v) is 2.69. The second kappa shape index (κ2) is 8.41. The maximum absolute atomic E-state index is 12.2. The predicted octanol–water partition coefficient (Wildman–Crippen LogP) is 5.27. The van der Waals surface area contributed by atoms with Gasteiger partial charge in [-0.05, 0) is 60.2 Å². The van der Waals surface area contributed by atoms with Crippen LogP contribution in [0.3, 0.4) is 0 Å². The number of nitrogens with one attached hydrogen (secondary N) is 2. The Labute approximate surface area is 157 Å². The second-order valence-electron chi connectivity index (χ2n) is 5.79. The molecule has 0 aromatic heterocycles. The molecule has 3 aromatic rings. The quantitative estimate of drug-likeness (QED) is 0.624. The third-order valence-corrected chi connectivity index (χ3v) is 4.04. The van der Waals surface area contributed by atoms with Crippen molar-refractivity contribution >= 4 is 34.6 Å². The summed E-state index contributed by atoms with van der Waals surface area (Å²) in [4.78, 5) is 12.2. The standard InChI is InChI=1S/C21H19ClN2O2/c1-26-20-11-5-15(6-12-20)13-21(25)24-18-9-7-17(8-10-18)23-19-4-2-3-16(22)14-19/h2-12,14,23H,13H2,1H3,(H,24,25). The summed E-state index contributed by atoms with van der Waals surface area (Å²) in [6, 6.07) is 22.5. The number of rotatable bonds is 6. The van der Waals surface area contributed by atoms with Crippen molar-refractivity contribution in [3.63, 3.8) is 0 Å². The van der Waals surface area contributed by atoms with E-state index in [4.69, 9.17) is 16.3 Å². The van der Waals surface area contributed by atoms with E-state index in [2.05, 4.69) is 10.6 Å². The Morgan fingerprint density at radius 1 is 0.923 bits per heavy atom. The van der Waals surface area contributed by atoms with Crippen molar-refractivity contribution in [3.05, 3.63) is 83.4 Å². The summed E-state index contributed by atoms with van der Waals surface area (Å²) in [6.07, 6.45) is 0.312. The maximum atomic E-state index is 12.2. The Hall–Kier alpha value is -2.98. The van der Waals surface area contributed by atoms with Gasteiger partial charge in [0.1, 0.15) is 5.75 Å². The summed E-state index contributed by atoms with van der Waals surface area (Å²) >= 11 is 5.98. The van der Waals surface area contributed by atoms with Crippen molar-refractivity contribution in [1.29, 1.82) is 0 Å². The smallest absolute Gasteiger partial charge is 0.228 e. The van der Waals surface area contributed by atoms with Gasteiger partial charge in [-0.15, -0.1) is 0 Å². The van der Waals surface area contributed by atoms with Crippen LogP contribution in [-0.2, 0) is 11.2 Å². The maximum Gasteiger partial charge on any atom is 0.228 e. The van der Waals surface area contributed by atoms with Crippen molar-refractivity contribution in [1.82, 2.24) is 0 Å². The second-order valence-corrected chi connectivity index (χ2v) is 6.22. The molecule has 4 nitrogen and oxygen atoms in total. The van der Waals surface area contributed by atoms with Crippen LogP contribution in [0.2, 0.25) is 5.02 Å². The first kappa shape index (κ1) is 17.8. The summed E-state index contributed by atoms with van der Waals surface area (Å²) in [6.45, 7) is 0. The Bertz CT molecular complexity index is 877. The van der Waals surface area contributed by atoms with Crippen molar-refractivity contribution in [2.24, 2.45) is 0 Å². The molecule has 3 aromatic carbocycles. The van der Waals surface area contributed by atoms with Gasteiger partial charge < -0.3 is 15.4 Å². The van der Waals surface area contributed by atoms with E-state index in [0.717, 1.165) is 28.4 Å². The van der Waals surface area contributed by atoms with Gasteiger partial charge in [-0.25, -0.2) is 0 Å². The summed E-state index contributed by atoms with van der Waals surface area (Å²) in [5, 5.41) is 6.85. The van der Waals surface area contributed by atoms with Crippen molar-refractivity contribution in [2.45, 2.75) is 6.42 Å². The van der Waals surface area contributed by atoms with Crippen molar-refractivity contribution in [2.75, 3.05) is 17.7 Å². The number of hydrogen-bond acceptors (Lipinski definition) is 3. The van der Waals surface area contributed by atoms with Gasteiger partial charge in [0.25, 0.3) is 0 Å². The number of methoxy groups -OCH3 is 1. The van der Waals surface area contributed by atoms with Crippen molar-refractivity contribution in [3.8, 4) is 5.75 Å². The molecule has 0 fully saturated rings. The van der Waals surface area contributed by atoms with E-state index >= 15 is 0 Å². The Balaban J connectivity index is 1.57. The van der Waals surface area contributed by atoms with Gasteiger partial charge in [0, 0.05) is 22.1 Å². The number of amides is 1. The number of ether oxygens (including phenoxy) is 1. The molecule has 2 N–H and O–H groups in total. The van der Waals surface area contributed by atoms with E-state index in [9.17, 15) is 4.79 Å². The molecule has 0 saturated heterocycles. The Morgan fingerprint density at radius 2 is 1.62 bits per heavy atom. The number of carbonyl (C=O) groups is 1. The van der Waals surface area contributed by atoms with Crippen molar-refractivity contribution < 1.29 is 9.53 Å². The third-order valence-electron chi connectivity index (χ3n) is 3.81. The average molecular weight is 367 g/mol. The SMILES string of the molecule is COc1ccc(CC(=O)Nc2ccc(Nc3cccc(Cl)c3)cc2)cc1. The number of halogens is 1. The minimum absolute atomic E-state index is 0.0642. The zero-order chi connectivity index (χ0) is 18.4. The minimum atomic E-state index is -0.0642. The molecule has 26 heavy (non-hydrogen) atoms. The molecule has 0 saturated carbocycles. The first-order valence-corrected chi connectivity index (χ1v) is 8.55. The lowest BCUT2D eigenvalue weighted by Crippen LogP contribution is -2.14. The minimum Gasteiger partial charge on any atom is -0.497 e. The molecule has 132 valence electrons. The molecular formula is C21H19ClN2O2. The summed E-state index contributed by atoms with van der Waals surface area (Å²) in [7, 11) is 1.62. The predicted molar refractivity (Wildman–Crippen MR) is 107 cm³/mol. The van der Waals surface area contributed by atoms with Gasteiger partial charge >= 0.3 is 0 Å². The van der Waals surface area contributed by atoms with E-state index in [1.807, 2.05) is 72.8 Å². The van der Waals surface area contributed by atoms with Crippen LogP contribution in [0.25, 0.3) is 0 Å². The van der Waals surface area contributed by atoms with Gasteiger partial charge in [0.2, 0.25) is 5.91 Å². The zero-order valence-corrected chi connectivity index (χ0v) is 15.1. The van der Waals surface area contributed by atoms with E-state index < -0.39 is 0 Å². The highest BCUT2D eigenvalue weighted by molar-refractivity contribution is 6.30. The van der Waals surface area contributed by atoms with Gasteiger partial charge in [-0.2, -0.15) is 0 Å². The Kier molecular flexibility index (Phi) is 5.77. The monoisotopic (exact) mass is 366 g/mol. The Morgan fingerprint density at radius 3 is 2.27 bits per heavy atom. The van der Waals surface area contributed by atoms with E-state index in [1.54, 1.807) is 7.11 Å². The lowest BCUT2D eigenvalue weighted by atomic mass is 10.1. The van der Waals surface area contributed by atoms with E-state index in [-0.39, 0.29) is 5.91 Å². The number of benzene rings is 3. The summed E-state index contributed by atoms with van der Waals surface area (Å²) in [5.41, 5.74) is 3.51. The van der Waals surface area contributed by atoms with Crippen LogP contribution >= 0.6 is 11.6 Å². The summed E-state index contributed by atoms with van der Waals surface area (Å²) in [5.74, 6) is 0.711. The largest absolute Gasteiger partial charge is 0.497 e. The normalized spacial score (nSPS) is 10.2. The fourth-order valence-electron chi connectivity index (χ4n) is 2.50. The first-order valence-electron chi connectivity index (χ1n) is 8.18. The van der Waals surface area contributed by atoms with Crippen LogP contribution in [-0.4, -0.2) is 13.0 Å². The van der Waals surface area contributed by atoms with Crippen LogP contribution < -0.4 is 15.4 Å². The molecule has 0 atom stereocenters. The zero-order valence-electron chi connectivity index (χ0n) is 14.3. The van der Waals surface area contributed by atoms with Gasteiger partial charge in [-0.1, -0.05) is 29.8 Å². The lowest BCUT2D eigenvalue weighted by Gasteiger charge is -2.09. The number of anilines is 3. The molecule has 0 aliphatic carbocycles. The molecule has 0 heterocycles. The van der Waals surface area contributed by atoms with Crippen LogP contribution in [0.4, 0.5) is 17.1 Å². The molecule has 0 aliphatic rings. The molecule has 0 unspecified atom stereocenters. The number of carbonyl (C=O) groups excluding carboxylic acids is 1. The average Bonchev–Trinajstić information content (AvgIpc) is 2.64. The van der Waals surface area contributed by atoms with Gasteiger partial charge in [0.15, 0.2) is 0 Å². The van der Waals surface area contributed by atoms with E-state index in [1.165, 1.54) is 0 Å². The summed E-state index contributed by atoms with van der Waals surface area (Å²) < 4.78 is 5.12. The molecule has 0 aliphatic heterocycles. The molecule has 5 heteroatoms. The topological polar surface area (TPSA) is 50.4 Å².